The van der Waals surface area contributed by atoms with Gasteiger partial charge in [0.15, 0.2) is 5.96 Å². The van der Waals surface area contributed by atoms with Crippen LogP contribution >= 0.6 is 35.3 Å². The number of nitrogens with zero attached hydrogens (tertiary/aromatic N) is 3. The summed E-state index contributed by atoms with van der Waals surface area (Å²) < 4.78 is 5.53. The van der Waals surface area contributed by atoms with E-state index in [0.29, 0.717) is 5.41 Å². The average Bonchev–Trinajstić information content (AvgIpc) is 3.05. The fourth-order valence-electron chi connectivity index (χ4n) is 3.43. The predicted octanol–water partition coefficient (Wildman–Crippen LogP) is 2.96. The Morgan fingerprint density at radius 1 is 1.35 bits per heavy atom. The van der Waals surface area contributed by atoms with Crippen molar-refractivity contribution in [3.8, 4) is 0 Å². The lowest BCUT2D eigenvalue weighted by Gasteiger charge is -2.33. The second kappa shape index (κ2) is 8.11. The third-order valence-corrected chi connectivity index (χ3v) is 6.05. The van der Waals surface area contributed by atoms with Crippen molar-refractivity contribution < 1.29 is 4.74 Å². The Kier molecular flexibility index (Phi) is 6.67. The van der Waals surface area contributed by atoms with Crippen molar-refractivity contribution in [1.29, 1.82) is 0 Å². The molecule has 1 aromatic rings. The Labute approximate surface area is 159 Å². The van der Waals surface area contributed by atoms with Gasteiger partial charge in [-0.05, 0) is 38.5 Å². The number of hydrogen-bond acceptors (Lipinski definition) is 4. The third kappa shape index (κ3) is 4.36. The van der Waals surface area contributed by atoms with Crippen LogP contribution in [-0.4, -0.2) is 49.2 Å². The Morgan fingerprint density at radius 3 is 2.70 bits per heavy atom. The first kappa shape index (κ1) is 18.9. The zero-order chi connectivity index (χ0) is 15.6. The molecule has 1 spiro atoms. The molecule has 130 valence electrons. The number of guanidine groups is 1. The molecule has 0 unspecified atom stereocenters. The van der Waals surface area contributed by atoms with E-state index in [4.69, 9.17) is 4.74 Å². The van der Waals surface area contributed by atoms with E-state index in [1.165, 1.54) is 24.1 Å². The number of aryl methyl sites for hydroxylation is 2. The van der Waals surface area contributed by atoms with Gasteiger partial charge < -0.3 is 15.0 Å². The second-order valence-corrected chi connectivity index (χ2v) is 7.72. The molecule has 0 atom stereocenters. The summed E-state index contributed by atoms with van der Waals surface area (Å²) >= 11 is 1.77. The molecule has 0 radical (unpaired) electrons. The van der Waals surface area contributed by atoms with Crippen molar-refractivity contribution in [3.63, 3.8) is 0 Å². The summed E-state index contributed by atoms with van der Waals surface area (Å²) in [5, 5.41) is 4.62. The van der Waals surface area contributed by atoms with Crippen molar-refractivity contribution in [1.82, 2.24) is 15.2 Å². The molecule has 5 nitrogen and oxygen atoms in total. The minimum atomic E-state index is 0. The maximum Gasteiger partial charge on any atom is 0.194 e. The second-order valence-electron chi connectivity index (χ2n) is 6.43. The number of thiazole rings is 1. The van der Waals surface area contributed by atoms with Crippen LogP contribution in [0.4, 0.5) is 0 Å². The van der Waals surface area contributed by atoms with Crippen LogP contribution in [0.5, 0.6) is 0 Å². The summed E-state index contributed by atoms with van der Waals surface area (Å²) in [6.45, 7) is 8.98. The van der Waals surface area contributed by atoms with Gasteiger partial charge in [0, 0.05) is 38.2 Å². The minimum Gasteiger partial charge on any atom is -0.381 e. The largest absolute Gasteiger partial charge is 0.381 e. The zero-order valence-corrected chi connectivity index (χ0v) is 17.4. The van der Waals surface area contributed by atoms with Crippen LogP contribution in [0.3, 0.4) is 0 Å². The molecule has 2 fully saturated rings. The summed E-state index contributed by atoms with van der Waals surface area (Å²) in [7, 11) is 1.87. The number of aromatic nitrogens is 1. The van der Waals surface area contributed by atoms with Gasteiger partial charge in [-0.1, -0.05) is 0 Å². The normalized spacial score (nSPS) is 20.7. The van der Waals surface area contributed by atoms with Gasteiger partial charge in [-0.25, -0.2) is 4.98 Å². The molecule has 0 aromatic carbocycles. The molecule has 7 heteroatoms. The van der Waals surface area contributed by atoms with Crippen molar-refractivity contribution in [2.45, 2.75) is 39.7 Å². The molecular weight excluding hydrogens is 423 g/mol. The topological polar surface area (TPSA) is 49.8 Å². The third-order valence-electron chi connectivity index (χ3n) is 4.97. The van der Waals surface area contributed by atoms with Crippen molar-refractivity contribution in [3.05, 3.63) is 15.6 Å². The molecule has 1 aromatic heterocycles. The van der Waals surface area contributed by atoms with Crippen LogP contribution in [0.2, 0.25) is 0 Å². The number of hydrogen-bond donors (Lipinski definition) is 1. The monoisotopic (exact) mass is 450 g/mol. The highest BCUT2D eigenvalue weighted by Crippen LogP contribution is 2.39. The quantitative estimate of drug-likeness (QED) is 0.428. The van der Waals surface area contributed by atoms with Crippen LogP contribution in [0.15, 0.2) is 4.99 Å². The van der Waals surface area contributed by atoms with Crippen molar-refractivity contribution in [2.24, 2.45) is 10.4 Å². The first-order valence-corrected chi connectivity index (χ1v) is 8.90. The highest BCUT2D eigenvalue weighted by atomic mass is 127. The van der Waals surface area contributed by atoms with E-state index in [2.05, 4.69) is 34.0 Å². The van der Waals surface area contributed by atoms with Crippen LogP contribution in [0.1, 0.15) is 34.8 Å². The molecule has 0 saturated carbocycles. The summed E-state index contributed by atoms with van der Waals surface area (Å²) in [5.41, 5.74) is 1.59. The fourth-order valence-corrected chi connectivity index (χ4v) is 4.30. The maximum atomic E-state index is 5.53. The molecule has 2 saturated heterocycles. The molecule has 3 heterocycles. The van der Waals surface area contributed by atoms with Gasteiger partial charge in [-0.3, -0.25) is 4.99 Å². The van der Waals surface area contributed by atoms with E-state index < -0.39 is 0 Å². The van der Waals surface area contributed by atoms with Crippen LogP contribution in [-0.2, 0) is 11.3 Å². The number of halogens is 1. The lowest BCUT2D eigenvalue weighted by Crippen LogP contribution is -2.42. The van der Waals surface area contributed by atoms with Crippen molar-refractivity contribution in [2.75, 3.05) is 33.4 Å². The van der Waals surface area contributed by atoms with Crippen LogP contribution in [0.25, 0.3) is 0 Å². The number of nitrogens with one attached hydrogen (secondary N) is 1. The summed E-state index contributed by atoms with van der Waals surface area (Å²) in [4.78, 5) is 12.8. The first-order valence-electron chi connectivity index (χ1n) is 8.08. The molecule has 23 heavy (non-hydrogen) atoms. The van der Waals surface area contributed by atoms with E-state index in [-0.39, 0.29) is 24.0 Å². The summed E-state index contributed by atoms with van der Waals surface area (Å²) in [5.74, 6) is 1.01. The van der Waals surface area contributed by atoms with Crippen LogP contribution < -0.4 is 5.32 Å². The van der Waals surface area contributed by atoms with Gasteiger partial charge in [0.1, 0.15) is 5.01 Å². The number of ether oxygens (including phenoxy) is 1. The molecule has 1 N–H and O–H groups in total. The van der Waals surface area contributed by atoms with E-state index in [0.717, 1.165) is 49.5 Å². The lowest BCUT2D eigenvalue weighted by molar-refractivity contribution is 0.0217. The molecule has 0 aliphatic carbocycles. The Hall–Kier alpha value is -0.410. The Balaban J connectivity index is 0.00000192. The van der Waals surface area contributed by atoms with E-state index in [1.807, 2.05) is 7.05 Å². The highest BCUT2D eigenvalue weighted by molar-refractivity contribution is 14.0. The molecular formula is C16H27IN4OS. The van der Waals surface area contributed by atoms with E-state index in [9.17, 15) is 0 Å². The summed E-state index contributed by atoms with van der Waals surface area (Å²) in [6.07, 6.45) is 3.63. The van der Waals surface area contributed by atoms with Gasteiger partial charge in [-0.2, -0.15) is 0 Å². The lowest BCUT2D eigenvalue weighted by atomic mass is 9.80. The molecule has 2 aliphatic heterocycles. The first-order chi connectivity index (χ1) is 10.6. The average molecular weight is 450 g/mol. The van der Waals surface area contributed by atoms with Gasteiger partial charge in [-0.15, -0.1) is 35.3 Å². The van der Waals surface area contributed by atoms with Gasteiger partial charge in [0.2, 0.25) is 0 Å². The van der Waals surface area contributed by atoms with E-state index >= 15 is 0 Å². The molecule has 3 rings (SSSR count). The smallest absolute Gasteiger partial charge is 0.194 e. The molecule has 0 amide bonds. The fraction of sp³-hybridized carbons (Fsp3) is 0.750. The standard InChI is InChI=1S/C16H26N4OS.HI/c1-12-13(2)22-14(19-12)10-18-15(17-3)20-7-4-16(11-20)5-8-21-9-6-16;/h4-11H2,1-3H3,(H,17,18);1H. The Morgan fingerprint density at radius 2 is 2.09 bits per heavy atom. The van der Waals surface area contributed by atoms with Crippen LogP contribution in [0, 0.1) is 19.3 Å². The SMILES string of the molecule is CN=C(NCc1nc(C)c(C)s1)N1CCC2(CCOCC2)C1.I. The number of aliphatic imine (C=N–C) groups is 1. The highest BCUT2D eigenvalue weighted by Gasteiger charge is 2.40. The Bertz CT molecular complexity index is 535. The summed E-state index contributed by atoms with van der Waals surface area (Å²) in [6, 6.07) is 0. The zero-order valence-electron chi connectivity index (χ0n) is 14.2. The minimum absolute atomic E-state index is 0. The number of likely N-dealkylation sites (tertiary alicyclic amines) is 1. The number of rotatable bonds is 2. The van der Waals surface area contributed by atoms with Crippen molar-refractivity contribution >= 4 is 41.3 Å². The van der Waals surface area contributed by atoms with Gasteiger partial charge in [0.25, 0.3) is 0 Å². The van der Waals surface area contributed by atoms with E-state index in [1.54, 1.807) is 11.3 Å². The van der Waals surface area contributed by atoms with Gasteiger partial charge in [0.05, 0.1) is 12.2 Å². The van der Waals surface area contributed by atoms with Gasteiger partial charge >= 0.3 is 0 Å². The maximum absolute atomic E-state index is 5.53. The molecule has 2 aliphatic rings. The molecule has 0 bridgehead atoms. The predicted molar refractivity (Wildman–Crippen MR) is 106 cm³/mol.